The second kappa shape index (κ2) is 8.51. The Morgan fingerprint density at radius 2 is 2.22 bits per heavy atom. The van der Waals surface area contributed by atoms with Gasteiger partial charge in [0.05, 0.1) is 23.9 Å². The summed E-state index contributed by atoms with van der Waals surface area (Å²) in [5.41, 5.74) is 1.27. The number of H-pyrrole nitrogens is 1. The molecule has 0 radical (unpaired) electrons. The van der Waals surface area contributed by atoms with Crippen molar-refractivity contribution in [2.24, 2.45) is 5.92 Å². The maximum atomic E-state index is 14.7. The lowest BCUT2D eigenvalue weighted by molar-refractivity contribution is 0.0695. The molecule has 3 aromatic heterocycles. The van der Waals surface area contributed by atoms with Crippen LogP contribution >= 0.6 is 11.6 Å². The van der Waals surface area contributed by atoms with Gasteiger partial charge in [0.25, 0.3) is 0 Å². The quantitative estimate of drug-likeness (QED) is 0.542. The van der Waals surface area contributed by atoms with Crippen LogP contribution in [0.3, 0.4) is 0 Å². The van der Waals surface area contributed by atoms with Gasteiger partial charge in [-0.05, 0) is 25.3 Å². The lowest BCUT2D eigenvalue weighted by atomic mass is 9.85. The Bertz CT molecular complexity index is 1150. The summed E-state index contributed by atoms with van der Waals surface area (Å²) in [6.45, 7) is 1.55. The highest BCUT2D eigenvalue weighted by Gasteiger charge is 2.41. The van der Waals surface area contributed by atoms with Crippen molar-refractivity contribution in [3.05, 3.63) is 35.5 Å². The summed E-state index contributed by atoms with van der Waals surface area (Å²) in [4.78, 5) is 29.2. The average molecular weight is 461 g/mol. The van der Waals surface area contributed by atoms with Crippen LogP contribution in [0.1, 0.15) is 19.3 Å². The minimum Gasteiger partial charge on any atom is -0.465 e. The molecular formula is C21H22ClFN6O3. The van der Waals surface area contributed by atoms with Crippen molar-refractivity contribution >= 4 is 34.5 Å². The molecule has 3 N–H and O–H groups in total. The summed E-state index contributed by atoms with van der Waals surface area (Å²) in [6, 6.07) is 1.14. The topological polar surface area (TPSA) is 116 Å². The molecule has 3 aromatic rings. The molecule has 5 heterocycles. The molecule has 11 heteroatoms. The Morgan fingerprint density at radius 3 is 3.00 bits per heavy atom. The van der Waals surface area contributed by atoms with Crippen molar-refractivity contribution in [1.82, 2.24) is 24.8 Å². The van der Waals surface area contributed by atoms with Crippen molar-refractivity contribution in [1.29, 1.82) is 0 Å². The number of aromatic amines is 1. The van der Waals surface area contributed by atoms with Crippen LogP contribution in [0.15, 0.2) is 24.7 Å². The number of amides is 1. The number of ether oxygens (including phenoxy) is 1. The maximum Gasteiger partial charge on any atom is 0.407 e. The molecule has 168 valence electrons. The molecule has 2 unspecified atom stereocenters. The first-order chi connectivity index (χ1) is 15.5. The summed E-state index contributed by atoms with van der Waals surface area (Å²) >= 11 is 6.09. The number of aromatic nitrogens is 4. The van der Waals surface area contributed by atoms with Crippen molar-refractivity contribution < 1.29 is 19.0 Å². The number of carbonyl (C=O) groups is 1. The molecule has 3 atom stereocenters. The van der Waals surface area contributed by atoms with Gasteiger partial charge in [0, 0.05) is 48.5 Å². The Hall–Kier alpha value is -2.98. The number of nitrogens with zero attached hydrogens (tertiary/aromatic N) is 4. The second-order valence-electron chi connectivity index (χ2n) is 8.13. The highest BCUT2D eigenvalue weighted by atomic mass is 35.5. The van der Waals surface area contributed by atoms with Crippen LogP contribution in [0.25, 0.3) is 22.4 Å². The lowest BCUT2D eigenvalue weighted by Gasteiger charge is -2.43. The zero-order valence-electron chi connectivity index (χ0n) is 17.1. The molecular weight excluding hydrogens is 439 g/mol. The number of fused-ring (bicyclic) bond motifs is 1. The molecule has 2 fully saturated rings. The predicted molar refractivity (Wildman–Crippen MR) is 116 cm³/mol. The third-order valence-corrected chi connectivity index (χ3v) is 6.39. The third-order valence-electron chi connectivity index (χ3n) is 6.18. The predicted octanol–water partition coefficient (Wildman–Crippen LogP) is 3.77. The van der Waals surface area contributed by atoms with Crippen LogP contribution < -0.4 is 5.32 Å². The highest BCUT2D eigenvalue weighted by molar-refractivity contribution is 6.31. The van der Waals surface area contributed by atoms with E-state index < -0.39 is 11.9 Å². The minimum absolute atomic E-state index is 0.0421. The summed E-state index contributed by atoms with van der Waals surface area (Å²) < 4.78 is 20.2. The van der Waals surface area contributed by atoms with Gasteiger partial charge in [-0.25, -0.2) is 24.1 Å². The Balaban J connectivity index is 1.48. The fourth-order valence-electron chi connectivity index (χ4n) is 4.74. The SMILES string of the molecule is O=C(O)N1CCCC(Nc2nc(-c3c[nH]c4ncc(Cl)cc34)ncc2F)C1[C@@H]1CCOC1. The average Bonchev–Trinajstić information content (AvgIpc) is 3.45. The molecule has 9 nitrogen and oxygen atoms in total. The zero-order valence-corrected chi connectivity index (χ0v) is 17.8. The van der Waals surface area contributed by atoms with E-state index in [1.54, 1.807) is 12.3 Å². The standard InChI is InChI=1S/C21H22ClFN6O3/c22-12-6-13-14(8-25-18(13)24-7-12)19-26-9-15(23)20(28-19)27-16-2-1-4-29(21(30)31)17(16)11-3-5-32-10-11/h6-9,11,16-17H,1-5,10H2,(H,24,25)(H,30,31)(H,26,27,28)/t11-,16?,17?/m1/s1. The Morgan fingerprint density at radius 1 is 1.34 bits per heavy atom. The normalized spacial score (nSPS) is 23.6. The highest BCUT2D eigenvalue weighted by Crippen LogP contribution is 2.32. The van der Waals surface area contributed by atoms with Gasteiger partial charge in [-0.1, -0.05) is 11.6 Å². The molecule has 0 bridgehead atoms. The van der Waals surface area contributed by atoms with Crippen molar-refractivity contribution in [2.45, 2.75) is 31.3 Å². The molecule has 2 aliphatic rings. The molecule has 0 aliphatic carbocycles. The van der Waals surface area contributed by atoms with E-state index in [-0.39, 0.29) is 23.8 Å². The maximum absolute atomic E-state index is 14.7. The number of hydrogen-bond acceptors (Lipinski definition) is 6. The number of hydrogen-bond donors (Lipinski definition) is 3. The van der Waals surface area contributed by atoms with E-state index in [1.165, 1.54) is 11.1 Å². The fraction of sp³-hybridized carbons (Fsp3) is 0.429. The molecule has 32 heavy (non-hydrogen) atoms. The number of carboxylic acid groups (broad SMARTS) is 1. The fourth-order valence-corrected chi connectivity index (χ4v) is 4.90. The van der Waals surface area contributed by atoms with Crippen LogP contribution in [0.4, 0.5) is 15.0 Å². The summed E-state index contributed by atoms with van der Waals surface area (Å²) in [5.74, 6) is -0.190. The van der Waals surface area contributed by atoms with Crippen LogP contribution in [0.5, 0.6) is 0 Å². The van der Waals surface area contributed by atoms with E-state index in [1.807, 2.05) is 0 Å². The van der Waals surface area contributed by atoms with E-state index in [4.69, 9.17) is 16.3 Å². The van der Waals surface area contributed by atoms with Gasteiger partial charge in [-0.15, -0.1) is 0 Å². The lowest BCUT2D eigenvalue weighted by Crippen LogP contribution is -2.57. The van der Waals surface area contributed by atoms with Gasteiger partial charge in [-0.2, -0.15) is 0 Å². The van der Waals surface area contributed by atoms with Gasteiger partial charge in [0.1, 0.15) is 5.65 Å². The van der Waals surface area contributed by atoms with Crippen LogP contribution in [0.2, 0.25) is 5.02 Å². The first kappa shape index (κ1) is 20.9. The minimum atomic E-state index is -0.972. The molecule has 0 aromatic carbocycles. The summed E-state index contributed by atoms with van der Waals surface area (Å²) in [5, 5.41) is 14.1. The second-order valence-corrected chi connectivity index (χ2v) is 8.56. The van der Waals surface area contributed by atoms with E-state index in [0.717, 1.165) is 18.0 Å². The zero-order chi connectivity index (χ0) is 22.2. The molecule has 2 aliphatic heterocycles. The Labute approximate surface area is 188 Å². The molecule has 0 saturated carbocycles. The largest absolute Gasteiger partial charge is 0.465 e. The van der Waals surface area contributed by atoms with Crippen molar-refractivity contribution in [3.63, 3.8) is 0 Å². The molecule has 0 spiro atoms. The van der Waals surface area contributed by atoms with Crippen LogP contribution in [-0.4, -0.2) is 67.9 Å². The number of halogens is 2. The molecule has 1 amide bonds. The monoisotopic (exact) mass is 460 g/mol. The van der Waals surface area contributed by atoms with Gasteiger partial charge in [0.15, 0.2) is 17.5 Å². The number of nitrogens with one attached hydrogen (secondary N) is 2. The number of likely N-dealkylation sites (tertiary alicyclic amines) is 1. The number of piperidine rings is 1. The van der Waals surface area contributed by atoms with Gasteiger partial charge >= 0.3 is 6.09 Å². The smallest absolute Gasteiger partial charge is 0.407 e. The third kappa shape index (κ3) is 3.84. The summed E-state index contributed by atoms with van der Waals surface area (Å²) in [7, 11) is 0. The molecule has 2 saturated heterocycles. The van der Waals surface area contributed by atoms with Crippen LogP contribution in [-0.2, 0) is 4.74 Å². The van der Waals surface area contributed by atoms with E-state index in [0.29, 0.717) is 54.7 Å². The number of anilines is 1. The number of rotatable bonds is 4. The van der Waals surface area contributed by atoms with Gasteiger partial charge in [-0.3, -0.25) is 0 Å². The van der Waals surface area contributed by atoms with Gasteiger partial charge in [0.2, 0.25) is 0 Å². The van der Waals surface area contributed by atoms with E-state index in [9.17, 15) is 14.3 Å². The summed E-state index contributed by atoms with van der Waals surface area (Å²) in [6.07, 6.45) is 5.54. The Kier molecular flexibility index (Phi) is 5.56. The van der Waals surface area contributed by atoms with E-state index in [2.05, 4.69) is 25.3 Å². The first-order valence-corrected chi connectivity index (χ1v) is 10.9. The van der Waals surface area contributed by atoms with E-state index >= 15 is 0 Å². The number of pyridine rings is 1. The van der Waals surface area contributed by atoms with Gasteiger partial charge < -0.3 is 25.0 Å². The first-order valence-electron chi connectivity index (χ1n) is 10.5. The van der Waals surface area contributed by atoms with Crippen molar-refractivity contribution in [3.8, 4) is 11.4 Å². The molecule has 5 rings (SSSR count). The van der Waals surface area contributed by atoms with Crippen LogP contribution in [0, 0.1) is 11.7 Å². The van der Waals surface area contributed by atoms with Crippen molar-refractivity contribution in [2.75, 3.05) is 25.1 Å².